The average molecular weight is 320 g/mol. The molecule has 0 spiro atoms. The Morgan fingerprint density at radius 3 is 1.13 bits per heavy atom. The monoisotopic (exact) mass is 320 g/mol. The average Bonchev–Trinajstić information content (AvgIpc) is 2.57. The van der Waals surface area contributed by atoms with E-state index in [2.05, 4.69) is 0 Å². The molecule has 1 rings (SSSR count). The molecule has 23 heavy (non-hydrogen) atoms. The third-order valence-electron chi connectivity index (χ3n) is 5.67. The molecule has 1 aliphatic carbocycles. The molecule has 0 N–H and O–H groups in total. The molecule has 0 aromatic rings. The fourth-order valence-corrected chi connectivity index (χ4v) is 4.08. The van der Waals surface area contributed by atoms with Crippen molar-refractivity contribution in [3.05, 3.63) is 0 Å². The van der Waals surface area contributed by atoms with E-state index in [-0.39, 0.29) is 0 Å². The van der Waals surface area contributed by atoms with Crippen molar-refractivity contribution in [2.24, 2.45) is 5.92 Å². The number of hydrogen-bond donors (Lipinski definition) is 0. The summed E-state index contributed by atoms with van der Waals surface area (Å²) in [5.74, 6) is 0.822. The van der Waals surface area contributed by atoms with Gasteiger partial charge in [-0.1, -0.05) is 0 Å². The Hall–Kier alpha value is -0.135. The summed E-state index contributed by atoms with van der Waals surface area (Å²) < 4.78 is 10.7. The second kappa shape index (κ2) is 16.7. The third-order valence-corrected chi connectivity index (χ3v) is 5.67. The van der Waals surface area contributed by atoms with Gasteiger partial charge >= 0.3 is 146 Å². The molecule has 0 amide bonds. The first-order valence-corrected chi connectivity index (χ1v) is 10.9. The topological polar surface area (TPSA) is 17.1 Å². The van der Waals surface area contributed by atoms with Gasteiger partial charge in [0, 0.05) is 0 Å². The van der Waals surface area contributed by atoms with Crippen molar-refractivity contribution in [2.45, 2.75) is 128 Å². The molecule has 0 radical (unpaired) electrons. The van der Waals surface area contributed by atoms with E-state index in [0.717, 1.165) is 25.8 Å². The summed E-state index contributed by atoms with van der Waals surface area (Å²) in [5.41, 5.74) is 0. The maximum atomic E-state index is 10.7. The Balaban J connectivity index is 2.22. The van der Waals surface area contributed by atoms with Gasteiger partial charge in [0.15, 0.2) is 0 Å². The fraction of sp³-hybridized carbons (Fsp3) is 1.00. The molecular formula is C21H41BO. The van der Waals surface area contributed by atoms with E-state index >= 15 is 0 Å². The van der Waals surface area contributed by atoms with Crippen LogP contribution in [0.2, 0.25) is 6.32 Å². The van der Waals surface area contributed by atoms with Crippen LogP contribution >= 0.6 is 0 Å². The van der Waals surface area contributed by atoms with Gasteiger partial charge in [0.1, 0.15) is 0 Å². The minimum absolute atomic E-state index is 0.782. The number of hydrogen-bond acceptors (Lipinski definition) is 1. The first-order valence-electron chi connectivity index (χ1n) is 10.9. The normalized spacial score (nSPS) is 22.4. The molecule has 0 aliphatic heterocycles. The molecule has 0 aromatic heterocycles. The second-order valence-electron chi connectivity index (χ2n) is 7.84. The van der Waals surface area contributed by atoms with E-state index in [1.54, 1.807) is 0 Å². The predicted molar refractivity (Wildman–Crippen MR) is 102 cm³/mol. The molecule has 1 fully saturated rings. The van der Waals surface area contributed by atoms with Crippen LogP contribution in [0, 0.1) is 5.92 Å². The van der Waals surface area contributed by atoms with Gasteiger partial charge in [0.05, 0.1) is 0 Å². The molecule has 1 saturated carbocycles. The molecule has 0 heterocycles. The Labute approximate surface area is 146 Å². The molecule has 1 aliphatic rings. The summed E-state index contributed by atoms with van der Waals surface area (Å²) >= 11 is 0. The van der Waals surface area contributed by atoms with Gasteiger partial charge < -0.3 is 0 Å². The molecule has 0 atom stereocenters. The van der Waals surface area contributed by atoms with Gasteiger partial charge in [0.25, 0.3) is 0 Å². The zero-order valence-corrected chi connectivity index (χ0v) is 15.7. The van der Waals surface area contributed by atoms with Crippen LogP contribution in [0.5, 0.6) is 0 Å². The fourth-order valence-electron chi connectivity index (χ4n) is 4.08. The van der Waals surface area contributed by atoms with Gasteiger partial charge in [-0.2, -0.15) is 0 Å². The van der Waals surface area contributed by atoms with E-state index < -0.39 is 0 Å². The van der Waals surface area contributed by atoms with Crippen molar-refractivity contribution < 1.29 is 4.70 Å². The van der Waals surface area contributed by atoms with E-state index in [9.17, 15) is 4.70 Å². The van der Waals surface area contributed by atoms with E-state index in [4.69, 9.17) is 0 Å². The van der Waals surface area contributed by atoms with E-state index in [1.165, 1.54) is 116 Å². The van der Waals surface area contributed by atoms with Crippen molar-refractivity contribution in [3.8, 4) is 0 Å². The second-order valence-corrected chi connectivity index (χ2v) is 7.84. The maximum absolute atomic E-state index is 10.7. The molecule has 0 unspecified atom stereocenters. The van der Waals surface area contributed by atoms with Crippen LogP contribution in [0.15, 0.2) is 0 Å². The molecular weight excluding hydrogens is 279 g/mol. The summed E-state index contributed by atoms with van der Waals surface area (Å²) in [6.45, 7) is 0. The molecule has 0 aromatic carbocycles. The van der Waals surface area contributed by atoms with Crippen LogP contribution in [0.3, 0.4) is 0 Å². The standard InChI is InChI=1S/C21H41BO/c23-22-20-19-21-17-15-13-11-9-7-5-3-1-2-4-6-8-10-12-14-16-18-21/h21H,1-20H2. The van der Waals surface area contributed by atoms with Crippen LogP contribution in [-0.2, 0) is 4.70 Å². The third kappa shape index (κ3) is 14.0. The van der Waals surface area contributed by atoms with Crippen molar-refractivity contribution in [3.63, 3.8) is 0 Å². The zero-order chi connectivity index (χ0) is 16.4. The Morgan fingerprint density at radius 2 is 0.826 bits per heavy atom. The summed E-state index contributed by atoms with van der Waals surface area (Å²) in [6.07, 6.45) is 27.7. The summed E-state index contributed by atoms with van der Waals surface area (Å²) in [7, 11) is 1.12. The van der Waals surface area contributed by atoms with Gasteiger partial charge in [0.2, 0.25) is 0 Å². The Kier molecular flexibility index (Phi) is 15.2. The minimum atomic E-state index is 0.782. The number of rotatable bonds is 3. The molecule has 0 saturated heterocycles. The van der Waals surface area contributed by atoms with Crippen molar-refractivity contribution in [1.29, 1.82) is 0 Å². The summed E-state index contributed by atoms with van der Waals surface area (Å²) in [5, 5.41) is 0. The molecule has 134 valence electrons. The van der Waals surface area contributed by atoms with Crippen molar-refractivity contribution in [2.75, 3.05) is 0 Å². The van der Waals surface area contributed by atoms with Crippen LogP contribution in [-0.4, -0.2) is 7.15 Å². The van der Waals surface area contributed by atoms with Gasteiger partial charge in [-0.05, 0) is 0 Å². The summed E-state index contributed by atoms with van der Waals surface area (Å²) in [4.78, 5) is 0. The van der Waals surface area contributed by atoms with Crippen LogP contribution in [0.25, 0.3) is 0 Å². The van der Waals surface area contributed by atoms with Crippen molar-refractivity contribution >= 4 is 7.15 Å². The van der Waals surface area contributed by atoms with E-state index in [0.29, 0.717) is 0 Å². The van der Waals surface area contributed by atoms with Gasteiger partial charge in [-0.3, -0.25) is 0 Å². The van der Waals surface area contributed by atoms with Gasteiger partial charge in [-0.15, -0.1) is 0 Å². The van der Waals surface area contributed by atoms with Crippen LogP contribution < -0.4 is 0 Å². The Morgan fingerprint density at radius 1 is 0.522 bits per heavy atom. The first-order chi connectivity index (χ1) is 11.4. The molecule has 1 nitrogen and oxygen atoms in total. The van der Waals surface area contributed by atoms with Crippen molar-refractivity contribution in [1.82, 2.24) is 0 Å². The zero-order valence-electron chi connectivity index (χ0n) is 15.7. The summed E-state index contributed by atoms with van der Waals surface area (Å²) in [6, 6.07) is 0. The molecule has 2 heteroatoms. The van der Waals surface area contributed by atoms with Gasteiger partial charge in [-0.25, -0.2) is 0 Å². The molecule has 0 bridgehead atoms. The first kappa shape index (κ1) is 20.9. The quantitative estimate of drug-likeness (QED) is 0.492. The van der Waals surface area contributed by atoms with E-state index in [1.807, 2.05) is 0 Å². The Bertz CT molecular complexity index is 234. The van der Waals surface area contributed by atoms with Crippen LogP contribution in [0.4, 0.5) is 0 Å². The van der Waals surface area contributed by atoms with Crippen LogP contribution in [0.1, 0.15) is 122 Å². The SMILES string of the molecule is O=BCCC1CCCCCCCCCCCCCCCCCC1. The predicted octanol–water partition coefficient (Wildman–Crippen LogP) is 7.50.